The molecule has 7 nitrogen and oxygen atoms in total. The number of carbonyl (C=O) groups is 2. The fourth-order valence-electron chi connectivity index (χ4n) is 1.76. The molecule has 24 heavy (non-hydrogen) atoms. The van der Waals surface area contributed by atoms with E-state index in [1.807, 2.05) is 0 Å². The maximum absolute atomic E-state index is 11.9. The van der Waals surface area contributed by atoms with Crippen LogP contribution in [-0.2, 0) is 9.53 Å². The Kier molecular flexibility index (Phi) is 5.73. The maximum atomic E-state index is 11.9. The molecule has 2 aromatic rings. The van der Waals surface area contributed by atoms with Gasteiger partial charge in [-0.05, 0) is 24.3 Å². The predicted molar refractivity (Wildman–Crippen MR) is 88.5 cm³/mol. The van der Waals surface area contributed by atoms with Gasteiger partial charge in [0.15, 0.2) is 6.61 Å². The van der Waals surface area contributed by atoms with Crippen LogP contribution in [0.25, 0.3) is 0 Å². The van der Waals surface area contributed by atoms with E-state index in [1.54, 1.807) is 0 Å². The number of halogens is 2. The molecule has 9 heteroatoms. The lowest BCUT2D eigenvalue weighted by Gasteiger charge is -2.07. The number of nitro groups is 1. The quantitative estimate of drug-likeness (QED) is 0.492. The fourth-order valence-corrected chi connectivity index (χ4v) is 2.12. The van der Waals surface area contributed by atoms with Crippen LogP contribution >= 0.6 is 23.2 Å². The number of hydrogen-bond donors (Lipinski definition) is 1. The minimum Gasteiger partial charge on any atom is -0.452 e. The Morgan fingerprint density at radius 3 is 2.62 bits per heavy atom. The van der Waals surface area contributed by atoms with E-state index < -0.39 is 23.4 Å². The third-order valence-electron chi connectivity index (χ3n) is 2.82. The van der Waals surface area contributed by atoms with E-state index in [9.17, 15) is 19.7 Å². The van der Waals surface area contributed by atoms with E-state index >= 15 is 0 Å². The van der Waals surface area contributed by atoms with Crippen molar-refractivity contribution in [3.05, 3.63) is 68.2 Å². The number of benzene rings is 2. The Morgan fingerprint density at radius 1 is 1.17 bits per heavy atom. The molecule has 0 aliphatic rings. The van der Waals surface area contributed by atoms with Gasteiger partial charge in [0.05, 0.1) is 15.5 Å². The Hall–Kier alpha value is -2.64. The van der Waals surface area contributed by atoms with Crippen molar-refractivity contribution < 1.29 is 19.2 Å². The smallest absolute Gasteiger partial charge is 0.340 e. The summed E-state index contributed by atoms with van der Waals surface area (Å²) in [6.45, 7) is -0.579. The van der Waals surface area contributed by atoms with Gasteiger partial charge >= 0.3 is 5.97 Å². The number of amides is 1. The molecule has 0 radical (unpaired) electrons. The first-order chi connectivity index (χ1) is 11.4. The molecular weight excluding hydrogens is 359 g/mol. The van der Waals surface area contributed by atoms with Crippen molar-refractivity contribution in [1.29, 1.82) is 0 Å². The zero-order chi connectivity index (χ0) is 17.7. The lowest BCUT2D eigenvalue weighted by atomic mass is 10.2. The zero-order valence-electron chi connectivity index (χ0n) is 12.0. The van der Waals surface area contributed by atoms with Crippen molar-refractivity contribution in [1.82, 2.24) is 0 Å². The number of anilines is 1. The summed E-state index contributed by atoms with van der Waals surface area (Å²) >= 11 is 11.6. The first-order valence-electron chi connectivity index (χ1n) is 6.53. The Morgan fingerprint density at radius 2 is 1.92 bits per heavy atom. The highest BCUT2D eigenvalue weighted by Crippen LogP contribution is 2.21. The van der Waals surface area contributed by atoms with E-state index in [1.165, 1.54) is 42.5 Å². The lowest BCUT2D eigenvalue weighted by molar-refractivity contribution is -0.384. The molecule has 0 saturated carbocycles. The molecule has 0 aliphatic heterocycles. The largest absolute Gasteiger partial charge is 0.452 e. The summed E-state index contributed by atoms with van der Waals surface area (Å²) in [7, 11) is 0. The molecule has 0 heterocycles. The van der Waals surface area contributed by atoms with Gasteiger partial charge < -0.3 is 10.1 Å². The van der Waals surface area contributed by atoms with Gasteiger partial charge in [-0.1, -0.05) is 29.3 Å². The summed E-state index contributed by atoms with van der Waals surface area (Å²) in [4.78, 5) is 33.7. The van der Waals surface area contributed by atoms with Gasteiger partial charge in [-0.15, -0.1) is 0 Å². The topological polar surface area (TPSA) is 98.5 Å². The number of carbonyl (C=O) groups excluding carboxylic acids is 2. The number of nitrogens with one attached hydrogen (secondary N) is 1. The maximum Gasteiger partial charge on any atom is 0.340 e. The summed E-state index contributed by atoms with van der Waals surface area (Å²) in [6.07, 6.45) is 0. The van der Waals surface area contributed by atoms with Crippen LogP contribution in [-0.4, -0.2) is 23.4 Å². The number of nitro benzene ring substituents is 1. The molecule has 1 N–H and O–H groups in total. The lowest BCUT2D eigenvalue weighted by Crippen LogP contribution is -2.21. The molecular formula is C15H10Cl2N2O5. The minimum absolute atomic E-state index is 0.0346. The van der Waals surface area contributed by atoms with Gasteiger partial charge in [-0.3, -0.25) is 14.9 Å². The molecule has 0 fully saturated rings. The molecule has 0 unspecified atom stereocenters. The monoisotopic (exact) mass is 368 g/mol. The summed E-state index contributed by atoms with van der Waals surface area (Å²) in [5, 5.41) is 13.5. The van der Waals surface area contributed by atoms with Crippen LogP contribution in [0.4, 0.5) is 11.4 Å². The molecule has 0 aromatic heterocycles. The number of ether oxygens (including phenoxy) is 1. The Labute approximate surface area is 146 Å². The summed E-state index contributed by atoms with van der Waals surface area (Å²) in [5.41, 5.74) is 0.0776. The van der Waals surface area contributed by atoms with Crippen molar-refractivity contribution in [3.8, 4) is 0 Å². The van der Waals surface area contributed by atoms with E-state index in [0.717, 1.165) is 0 Å². The summed E-state index contributed by atoms with van der Waals surface area (Å²) in [5.74, 6) is -1.46. The van der Waals surface area contributed by atoms with E-state index in [2.05, 4.69) is 5.32 Å². The van der Waals surface area contributed by atoms with Gasteiger partial charge in [0.1, 0.15) is 0 Å². The van der Waals surface area contributed by atoms with Gasteiger partial charge in [-0.2, -0.15) is 0 Å². The second-order valence-electron chi connectivity index (χ2n) is 4.56. The van der Waals surface area contributed by atoms with Crippen molar-refractivity contribution >= 4 is 46.5 Å². The normalized spacial score (nSPS) is 10.1. The summed E-state index contributed by atoms with van der Waals surface area (Å²) < 4.78 is 4.85. The standard InChI is InChI=1S/C15H10Cl2N2O5/c16-9-4-5-13(17)12(6-9)15(21)24-8-14(20)18-10-2-1-3-11(7-10)19(22)23/h1-7H,8H2,(H,18,20). The van der Waals surface area contributed by atoms with E-state index in [0.29, 0.717) is 5.02 Å². The molecule has 2 rings (SSSR count). The van der Waals surface area contributed by atoms with Crippen molar-refractivity contribution in [3.63, 3.8) is 0 Å². The average Bonchev–Trinajstić information content (AvgIpc) is 2.55. The molecule has 0 saturated heterocycles. The first kappa shape index (κ1) is 17.7. The Bertz CT molecular complexity index is 810. The zero-order valence-corrected chi connectivity index (χ0v) is 13.5. The van der Waals surface area contributed by atoms with Crippen LogP contribution in [0.1, 0.15) is 10.4 Å². The second kappa shape index (κ2) is 7.76. The van der Waals surface area contributed by atoms with E-state index in [-0.39, 0.29) is 22.0 Å². The molecule has 1 amide bonds. The molecule has 0 bridgehead atoms. The number of hydrogen-bond acceptors (Lipinski definition) is 5. The Balaban J connectivity index is 1.96. The fraction of sp³-hybridized carbons (Fsp3) is 0.0667. The van der Waals surface area contributed by atoms with Gasteiger partial charge in [0, 0.05) is 22.8 Å². The molecule has 0 spiro atoms. The highest BCUT2D eigenvalue weighted by Gasteiger charge is 2.15. The number of esters is 1. The molecule has 2 aromatic carbocycles. The van der Waals surface area contributed by atoms with E-state index in [4.69, 9.17) is 27.9 Å². The highest BCUT2D eigenvalue weighted by atomic mass is 35.5. The van der Waals surface area contributed by atoms with Gasteiger partial charge in [0.2, 0.25) is 0 Å². The van der Waals surface area contributed by atoms with Crippen LogP contribution in [0.5, 0.6) is 0 Å². The van der Waals surface area contributed by atoms with Gasteiger partial charge in [0.25, 0.3) is 11.6 Å². The van der Waals surface area contributed by atoms with Crippen molar-refractivity contribution in [2.75, 3.05) is 11.9 Å². The number of nitrogens with zero attached hydrogens (tertiary/aromatic N) is 1. The SMILES string of the molecule is O=C(COC(=O)c1cc(Cl)ccc1Cl)Nc1cccc([N+](=O)[O-])c1. The van der Waals surface area contributed by atoms with Crippen molar-refractivity contribution in [2.45, 2.75) is 0 Å². The van der Waals surface area contributed by atoms with Crippen LogP contribution < -0.4 is 5.32 Å². The predicted octanol–water partition coefficient (Wildman–Crippen LogP) is 3.70. The number of rotatable bonds is 5. The molecule has 0 aliphatic carbocycles. The minimum atomic E-state index is -0.809. The average molecular weight is 369 g/mol. The van der Waals surface area contributed by atoms with Crippen LogP contribution in [0, 0.1) is 10.1 Å². The van der Waals surface area contributed by atoms with Crippen LogP contribution in [0.3, 0.4) is 0 Å². The van der Waals surface area contributed by atoms with Gasteiger partial charge in [-0.25, -0.2) is 4.79 Å². The number of non-ortho nitro benzene ring substituents is 1. The second-order valence-corrected chi connectivity index (χ2v) is 5.40. The van der Waals surface area contributed by atoms with Crippen LogP contribution in [0.2, 0.25) is 10.0 Å². The first-order valence-corrected chi connectivity index (χ1v) is 7.29. The van der Waals surface area contributed by atoms with Crippen molar-refractivity contribution in [2.24, 2.45) is 0 Å². The third kappa shape index (κ3) is 4.68. The summed E-state index contributed by atoms with van der Waals surface area (Å²) in [6, 6.07) is 9.64. The molecule has 124 valence electrons. The molecule has 0 atom stereocenters. The highest BCUT2D eigenvalue weighted by molar-refractivity contribution is 6.35. The third-order valence-corrected chi connectivity index (χ3v) is 3.39. The van der Waals surface area contributed by atoms with Crippen LogP contribution in [0.15, 0.2) is 42.5 Å².